The molecule has 1 aliphatic rings. The third-order valence-electron chi connectivity index (χ3n) is 2.90. The van der Waals surface area contributed by atoms with E-state index in [0.717, 1.165) is 0 Å². The van der Waals surface area contributed by atoms with Crippen molar-refractivity contribution in [2.45, 2.75) is 32.0 Å². The summed E-state index contributed by atoms with van der Waals surface area (Å²) >= 11 is 0. The van der Waals surface area contributed by atoms with E-state index in [4.69, 9.17) is 0 Å². The maximum atomic E-state index is 11.9. The van der Waals surface area contributed by atoms with Gasteiger partial charge < -0.3 is 15.4 Å². The molecule has 1 saturated heterocycles. The minimum absolute atomic E-state index is 0.0276. The smallest absolute Gasteiger partial charge is 0.372 e. The Morgan fingerprint density at radius 1 is 1.41 bits per heavy atom. The first-order valence-electron chi connectivity index (χ1n) is 7.11. The van der Waals surface area contributed by atoms with E-state index in [2.05, 4.69) is 20.4 Å². The van der Waals surface area contributed by atoms with Gasteiger partial charge in [0.15, 0.2) is 15.8 Å². The standard InChI is InChI=1S/C12H22F3N3O3S/c1-2-16-11(18-10-4-7-22(19,20)8-10)17-5-3-6-21-9-12(13,14)15/h10H,2-9H2,1H3,(H2,16,17,18). The average Bonchev–Trinajstić information content (AvgIpc) is 2.72. The average molecular weight is 345 g/mol. The molecule has 1 fully saturated rings. The lowest BCUT2D eigenvalue weighted by Gasteiger charge is -2.15. The Bertz CT molecular complexity index is 466. The molecule has 0 aromatic carbocycles. The lowest BCUT2D eigenvalue weighted by molar-refractivity contribution is -0.173. The molecule has 10 heteroatoms. The van der Waals surface area contributed by atoms with Gasteiger partial charge >= 0.3 is 6.18 Å². The molecule has 22 heavy (non-hydrogen) atoms. The number of nitrogens with zero attached hydrogens (tertiary/aromatic N) is 1. The van der Waals surface area contributed by atoms with Crippen LogP contribution in [0.2, 0.25) is 0 Å². The van der Waals surface area contributed by atoms with Crippen molar-refractivity contribution in [2.24, 2.45) is 4.99 Å². The molecule has 0 aromatic rings. The highest BCUT2D eigenvalue weighted by Crippen LogP contribution is 2.14. The summed E-state index contributed by atoms with van der Waals surface area (Å²) in [5.74, 6) is 0.710. The van der Waals surface area contributed by atoms with Gasteiger partial charge in [-0.15, -0.1) is 0 Å². The molecule has 0 bridgehead atoms. The van der Waals surface area contributed by atoms with E-state index < -0.39 is 22.6 Å². The summed E-state index contributed by atoms with van der Waals surface area (Å²) in [4.78, 5) is 4.20. The largest absolute Gasteiger partial charge is 0.411 e. The molecule has 1 heterocycles. The number of alkyl halides is 3. The van der Waals surface area contributed by atoms with Gasteiger partial charge in [0.25, 0.3) is 0 Å². The summed E-state index contributed by atoms with van der Waals surface area (Å²) in [5.41, 5.74) is 0. The van der Waals surface area contributed by atoms with Crippen LogP contribution in [-0.2, 0) is 14.6 Å². The molecule has 0 aromatic heterocycles. The Morgan fingerprint density at radius 2 is 2.14 bits per heavy atom. The van der Waals surface area contributed by atoms with Crippen LogP contribution >= 0.6 is 0 Å². The molecule has 0 radical (unpaired) electrons. The van der Waals surface area contributed by atoms with Crippen molar-refractivity contribution < 1.29 is 26.3 Å². The normalized spacial score (nSPS) is 21.8. The van der Waals surface area contributed by atoms with Gasteiger partial charge in [0.1, 0.15) is 6.61 Å². The first kappa shape index (κ1) is 19.0. The van der Waals surface area contributed by atoms with Crippen molar-refractivity contribution in [2.75, 3.05) is 37.8 Å². The molecule has 1 aliphatic heterocycles. The van der Waals surface area contributed by atoms with Crippen LogP contribution in [0, 0.1) is 0 Å². The van der Waals surface area contributed by atoms with Crippen LogP contribution in [0.5, 0.6) is 0 Å². The van der Waals surface area contributed by atoms with Crippen molar-refractivity contribution in [1.82, 2.24) is 10.6 Å². The van der Waals surface area contributed by atoms with E-state index >= 15 is 0 Å². The second-order valence-corrected chi connectivity index (χ2v) is 7.25. The molecule has 2 N–H and O–H groups in total. The molecule has 0 spiro atoms. The summed E-state index contributed by atoms with van der Waals surface area (Å²) in [7, 11) is -2.97. The van der Waals surface area contributed by atoms with Crippen LogP contribution in [0.1, 0.15) is 19.8 Å². The molecule has 0 saturated carbocycles. The molecule has 1 atom stereocenters. The third-order valence-corrected chi connectivity index (χ3v) is 4.67. The zero-order chi connectivity index (χ0) is 16.6. The molecular weight excluding hydrogens is 323 g/mol. The van der Waals surface area contributed by atoms with E-state index in [1.165, 1.54) is 0 Å². The summed E-state index contributed by atoms with van der Waals surface area (Å²) in [6.07, 6.45) is -3.43. The maximum absolute atomic E-state index is 11.9. The second kappa shape index (κ2) is 8.56. The highest BCUT2D eigenvalue weighted by Gasteiger charge is 2.28. The Morgan fingerprint density at radius 3 is 2.68 bits per heavy atom. The molecule has 1 rings (SSSR count). The van der Waals surface area contributed by atoms with Gasteiger partial charge in [0.05, 0.1) is 11.5 Å². The molecule has 130 valence electrons. The topological polar surface area (TPSA) is 79.8 Å². The maximum Gasteiger partial charge on any atom is 0.411 e. The number of rotatable bonds is 7. The van der Waals surface area contributed by atoms with Crippen molar-refractivity contribution in [1.29, 1.82) is 0 Å². The van der Waals surface area contributed by atoms with Gasteiger partial charge in [-0.3, -0.25) is 4.99 Å². The predicted octanol–water partition coefficient (Wildman–Crippen LogP) is 0.698. The molecule has 1 unspecified atom stereocenters. The quantitative estimate of drug-likeness (QED) is 0.403. The van der Waals surface area contributed by atoms with Crippen molar-refractivity contribution in [3.05, 3.63) is 0 Å². The SMILES string of the molecule is CCNC(=NCCCOCC(F)(F)F)NC1CCS(=O)(=O)C1. The van der Waals surface area contributed by atoms with Gasteiger partial charge in [0, 0.05) is 25.7 Å². The fourth-order valence-corrected chi connectivity index (χ4v) is 3.64. The van der Waals surface area contributed by atoms with Crippen molar-refractivity contribution >= 4 is 15.8 Å². The zero-order valence-electron chi connectivity index (χ0n) is 12.4. The van der Waals surface area contributed by atoms with Gasteiger partial charge in [-0.2, -0.15) is 13.2 Å². The van der Waals surface area contributed by atoms with Crippen LogP contribution in [0.25, 0.3) is 0 Å². The monoisotopic (exact) mass is 345 g/mol. The van der Waals surface area contributed by atoms with Gasteiger partial charge in [-0.25, -0.2) is 8.42 Å². The number of ether oxygens (including phenoxy) is 1. The van der Waals surface area contributed by atoms with E-state index in [1.807, 2.05) is 6.92 Å². The predicted molar refractivity (Wildman–Crippen MR) is 77.7 cm³/mol. The highest BCUT2D eigenvalue weighted by molar-refractivity contribution is 7.91. The first-order valence-corrected chi connectivity index (χ1v) is 8.94. The van der Waals surface area contributed by atoms with E-state index in [9.17, 15) is 21.6 Å². The number of aliphatic imine (C=N–C) groups is 1. The number of hydrogen-bond acceptors (Lipinski definition) is 4. The van der Waals surface area contributed by atoms with Crippen LogP contribution in [0.3, 0.4) is 0 Å². The Kier molecular flexibility index (Phi) is 7.40. The second-order valence-electron chi connectivity index (χ2n) is 5.03. The summed E-state index contributed by atoms with van der Waals surface area (Å²) < 4.78 is 62.8. The fourth-order valence-electron chi connectivity index (χ4n) is 1.97. The summed E-state index contributed by atoms with van der Waals surface area (Å²) in [6.45, 7) is 1.49. The van der Waals surface area contributed by atoms with Crippen molar-refractivity contribution in [3.8, 4) is 0 Å². The number of sulfone groups is 1. The molecule has 6 nitrogen and oxygen atoms in total. The van der Waals surface area contributed by atoms with Crippen LogP contribution in [-0.4, -0.2) is 64.4 Å². The zero-order valence-corrected chi connectivity index (χ0v) is 13.3. The lowest BCUT2D eigenvalue weighted by atomic mass is 10.3. The number of nitrogens with one attached hydrogen (secondary N) is 2. The highest BCUT2D eigenvalue weighted by atomic mass is 32.2. The number of guanidine groups is 1. The van der Waals surface area contributed by atoms with Gasteiger partial charge in [0.2, 0.25) is 0 Å². The van der Waals surface area contributed by atoms with E-state index in [0.29, 0.717) is 31.9 Å². The minimum Gasteiger partial charge on any atom is -0.372 e. The van der Waals surface area contributed by atoms with Gasteiger partial charge in [-0.05, 0) is 19.8 Å². The number of hydrogen-bond donors (Lipinski definition) is 2. The Hall–Kier alpha value is -1.03. The lowest BCUT2D eigenvalue weighted by Crippen LogP contribution is -2.44. The summed E-state index contributed by atoms with van der Waals surface area (Å²) in [6, 6.07) is -0.177. The van der Waals surface area contributed by atoms with Crippen LogP contribution in [0.15, 0.2) is 4.99 Å². The fraction of sp³-hybridized carbons (Fsp3) is 0.917. The Balaban J connectivity index is 2.30. The van der Waals surface area contributed by atoms with Crippen molar-refractivity contribution in [3.63, 3.8) is 0 Å². The molecular formula is C12H22F3N3O3S. The van der Waals surface area contributed by atoms with E-state index in [1.54, 1.807) is 0 Å². The first-order chi connectivity index (χ1) is 10.2. The number of halogens is 3. The van der Waals surface area contributed by atoms with Crippen LogP contribution in [0.4, 0.5) is 13.2 Å². The summed E-state index contributed by atoms with van der Waals surface area (Å²) in [5, 5.41) is 6.00. The van der Waals surface area contributed by atoms with E-state index in [-0.39, 0.29) is 24.2 Å². The third kappa shape index (κ3) is 8.42. The molecule has 0 amide bonds. The Labute approximate surface area is 128 Å². The molecule has 0 aliphatic carbocycles. The van der Waals surface area contributed by atoms with Gasteiger partial charge in [-0.1, -0.05) is 0 Å². The minimum atomic E-state index is -4.31. The van der Waals surface area contributed by atoms with Crippen LogP contribution < -0.4 is 10.6 Å².